The molecule has 2 aliphatic rings. The maximum atomic E-state index is 13.4. The molecule has 3 amide bonds. The van der Waals surface area contributed by atoms with Crippen molar-refractivity contribution in [2.45, 2.75) is 25.9 Å². The Morgan fingerprint density at radius 2 is 1.87 bits per heavy atom. The molecule has 1 saturated heterocycles. The predicted octanol–water partition coefficient (Wildman–Crippen LogP) is 1.56. The Balaban J connectivity index is 1.57. The fourth-order valence-corrected chi connectivity index (χ4v) is 3.42. The first-order valence-electron chi connectivity index (χ1n) is 9.13. The lowest BCUT2D eigenvalue weighted by Gasteiger charge is -2.17. The summed E-state index contributed by atoms with van der Waals surface area (Å²) in [6.07, 6.45) is 3.19. The number of esters is 1. The monoisotopic (exact) mass is 419 g/mol. The molecule has 3 atom stereocenters. The van der Waals surface area contributed by atoms with Crippen molar-refractivity contribution in [1.82, 2.24) is 4.90 Å². The topological polar surface area (TPSA) is 136 Å². The van der Waals surface area contributed by atoms with E-state index in [0.29, 0.717) is 12.8 Å². The Morgan fingerprint density at radius 1 is 1.27 bits per heavy atom. The van der Waals surface area contributed by atoms with E-state index in [2.05, 4.69) is 5.32 Å². The van der Waals surface area contributed by atoms with Crippen LogP contribution in [0.15, 0.2) is 30.4 Å². The number of carbonyl (C=O) groups is 4. The number of nitrogens with one attached hydrogen (secondary N) is 1. The summed E-state index contributed by atoms with van der Waals surface area (Å²) in [5.74, 6) is -4.68. The van der Waals surface area contributed by atoms with Gasteiger partial charge in [-0.3, -0.25) is 34.2 Å². The first-order valence-corrected chi connectivity index (χ1v) is 9.13. The van der Waals surface area contributed by atoms with Crippen LogP contribution < -0.4 is 5.32 Å². The van der Waals surface area contributed by atoms with Crippen molar-refractivity contribution >= 4 is 35.1 Å². The summed E-state index contributed by atoms with van der Waals surface area (Å²) in [7, 11) is 0. The Labute approximate surface area is 169 Å². The van der Waals surface area contributed by atoms with Crippen LogP contribution in [0.3, 0.4) is 0 Å². The first kappa shape index (κ1) is 21.1. The molecule has 30 heavy (non-hydrogen) atoms. The van der Waals surface area contributed by atoms with Crippen molar-refractivity contribution in [2.75, 3.05) is 11.9 Å². The molecule has 11 heteroatoms. The van der Waals surface area contributed by atoms with E-state index in [-0.39, 0.29) is 5.69 Å². The van der Waals surface area contributed by atoms with E-state index in [1.807, 2.05) is 12.2 Å². The lowest BCUT2D eigenvalue weighted by molar-refractivity contribution is -0.387. The smallest absolute Gasteiger partial charge is 0.326 e. The molecule has 0 radical (unpaired) electrons. The van der Waals surface area contributed by atoms with Gasteiger partial charge in [0.15, 0.2) is 6.10 Å². The number of hydrogen-bond acceptors (Lipinski definition) is 7. The normalized spacial score (nSPS) is 21.2. The van der Waals surface area contributed by atoms with Crippen LogP contribution in [0, 0.1) is 27.8 Å². The quantitative estimate of drug-likeness (QED) is 0.243. The number of likely N-dealkylation sites (tertiary alicyclic amines) is 1. The van der Waals surface area contributed by atoms with E-state index in [1.54, 1.807) is 0 Å². The van der Waals surface area contributed by atoms with Gasteiger partial charge < -0.3 is 10.1 Å². The first-order chi connectivity index (χ1) is 14.2. The van der Waals surface area contributed by atoms with Gasteiger partial charge in [0.25, 0.3) is 5.91 Å². The highest BCUT2D eigenvalue weighted by molar-refractivity contribution is 6.07. The van der Waals surface area contributed by atoms with Crippen LogP contribution in [0.1, 0.15) is 19.8 Å². The van der Waals surface area contributed by atoms with Crippen molar-refractivity contribution in [3.63, 3.8) is 0 Å². The number of nitro groups is 1. The minimum Gasteiger partial charge on any atom is -0.451 e. The number of rotatable bonds is 6. The number of allylic oxidation sites excluding steroid dienone is 2. The molecule has 1 aromatic rings. The average molecular weight is 419 g/mol. The van der Waals surface area contributed by atoms with Crippen molar-refractivity contribution in [3.8, 4) is 0 Å². The summed E-state index contributed by atoms with van der Waals surface area (Å²) >= 11 is 0. The number of nitrogens with zero attached hydrogens (tertiary/aromatic N) is 2. The molecule has 0 aromatic heterocycles. The van der Waals surface area contributed by atoms with Crippen LogP contribution in [-0.2, 0) is 23.9 Å². The number of benzene rings is 1. The summed E-state index contributed by atoms with van der Waals surface area (Å²) in [6, 6.07) is 2.77. The van der Waals surface area contributed by atoms with E-state index in [4.69, 9.17) is 4.74 Å². The second-order valence-electron chi connectivity index (χ2n) is 6.96. The minimum absolute atomic E-state index is 0.0579. The Morgan fingerprint density at radius 3 is 2.43 bits per heavy atom. The van der Waals surface area contributed by atoms with Gasteiger partial charge in [0, 0.05) is 11.8 Å². The van der Waals surface area contributed by atoms with E-state index >= 15 is 0 Å². The number of nitro benzene ring substituents is 1. The van der Waals surface area contributed by atoms with Crippen LogP contribution in [-0.4, -0.2) is 46.2 Å². The molecule has 1 aromatic carbocycles. The highest BCUT2D eigenvalue weighted by Crippen LogP contribution is 2.34. The van der Waals surface area contributed by atoms with Crippen LogP contribution in [0.2, 0.25) is 0 Å². The summed E-state index contributed by atoms with van der Waals surface area (Å²) < 4.78 is 18.3. The highest BCUT2D eigenvalue weighted by Gasteiger charge is 2.47. The third-order valence-electron chi connectivity index (χ3n) is 4.97. The number of halogens is 1. The third kappa shape index (κ3) is 4.19. The van der Waals surface area contributed by atoms with Gasteiger partial charge in [-0.1, -0.05) is 12.2 Å². The van der Waals surface area contributed by atoms with Crippen molar-refractivity contribution in [2.24, 2.45) is 11.8 Å². The lowest BCUT2D eigenvalue weighted by Crippen LogP contribution is -2.39. The molecule has 1 N–H and O–H groups in total. The molecule has 0 spiro atoms. The third-order valence-corrected chi connectivity index (χ3v) is 4.97. The van der Waals surface area contributed by atoms with Gasteiger partial charge >= 0.3 is 11.7 Å². The number of ether oxygens (including phenoxy) is 1. The number of carbonyl (C=O) groups excluding carboxylic acids is 4. The van der Waals surface area contributed by atoms with Crippen LogP contribution in [0.5, 0.6) is 0 Å². The number of imide groups is 1. The van der Waals surface area contributed by atoms with Gasteiger partial charge in [0.1, 0.15) is 6.54 Å². The number of hydrogen-bond donors (Lipinski definition) is 1. The maximum Gasteiger partial charge on any atom is 0.326 e. The molecule has 10 nitrogen and oxygen atoms in total. The van der Waals surface area contributed by atoms with E-state index < -0.39 is 64.6 Å². The van der Waals surface area contributed by atoms with E-state index in [1.165, 1.54) is 6.92 Å². The zero-order valence-electron chi connectivity index (χ0n) is 15.9. The molecule has 1 aliphatic carbocycles. The summed E-state index contributed by atoms with van der Waals surface area (Å²) in [5.41, 5.74) is -0.878. The maximum absolute atomic E-state index is 13.4. The molecule has 1 aliphatic heterocycles. The molecule has 3 rings (SSSR count). The lowest BCUT2D eigenvalue weighted by atomic mass is 9.85. The van der Waals surface area contributed by atoms with Crippen LogP contribution in [0.4, 0.5) is 15.8 Å². The fourth-order valence-electron chi connectivity index (χ4n) is 3.42. The second-order valence-corrected chi connectivity index (χ2v) is 6.96. The molecular weight excluding hydrogens is 401 g/mol. The van der Waals surface area contributed by atoms with Crippen molar-refractivity contribution < 1.29 is 33.2 Å². The fraction of sp³-hybridized carbons (Fsp3) is 0.368. The van der Waals surface area contributed by atoms with Gasteiger partial charge in [-0.15, -0.1) is 0 Å². The highest BCUT2D eigenvalue weighted by atomic mass is 19.1. The molecule has 0 saturated carbocycles. The largest absolute Gasteiger partial charge is 0.451 e. The zero-order chi connectivity index (χ0) is 22.0. The van der Waals surface area contributed by atoms with Gasteiger partial charge in [0.05, 0.1) is 16.8 Å². The van der Waals surface area contributed by atoms with Gasteiger partial charge in [0.2, 0.25) is 17.6 Å². The zero-order valence-corrected chi connectivity index (χ0v) is 15.9. The summed E-state index contributed by atoms with van der Waals surface area (Å²) in [5, 5.41) is 13.0. The van der Waals surface area contributed by atoms with Crippen molar-refractivity contribution in [1.29, 1.82) is 0 Å². The van der Waals surface area contributed by atoms with Crippen molar-refractivity contribution in [3.05, 3.63) is 46.3 Å². The van der Waals surface area contributed by atoms with E-state index in [0.717, 1.165) is 23.1 Å². The molecular formula is C19H18FN3O7. The standard InChI is InChI=1S/C19H18FN3O7/c1-10(17(25)21-11-6-7-14(20)15(8-11)23(28)29)30-16(24)9-22-18(26)12-4-2-3-5-13(12)19(22)27/h2-3,6-8,10,12-13H,4-5,9H2,1H3,(H,21,25). The van der Waals surface area contributed by atoms with Crippen LogP contribution >= 0.6 is 0 Å². The van der Waals surface area contributed by atoms with Gasteiger partial charge in [-0.05, 0) is 31.9 Å². The average Bonchev–Trinajstić information content (AvgIpc) is 2.94. The molecule has 158 valence electrons. The number of amides is 3. The Kier molecular flexibility index (Phi) is 5.90. The summed E-state index contributed by atoms with van der Waals surface area (Å²) in [6.45, 7) is 0.646. The molecule has 3 unspecified atom stereocenters. The molecule has 0 bridgehead atoms. The van der Waals surface area contributed by atoms with Gasteiger partial charge in [-0.2, -0.15) is 4.39 Å². The Hall–Kier alpha value is -3.63. The van der Waals surface area contributed by atoms with Gasteiger partial charge in [-0.25, -0.2) is 0 Å². The van der Waals surface area contributed by atoms with Crippen LogP contribution in [0.25, 0.3) is 0 Å². The second kappa shape index (κ2) is 8.39. The number of anilines is 1. The molecule has 1 heterocycles. The SMILES string of the molecule is CC(OC(=O)CN1C(=O)C2CC=CCC2C1=O)C(=O)Nc1ccc(F)c([N+](=O)[O-])c1. The molecule has 1 fully saturated rings. The minimum atomic E-state index is -1.32. The summed E-state index contributed by atoms with van der Waals surface area (Å²) in [4.78, 5) is 59.7. The van der Waals surface area contributed by atoms with E-state index in [9.17, 15) is 33.7 Å². The predicted molar refractivity (Wildman–Crippen MR) is 99.3 cm³/mol. The Bertz CT molecular complexity index is 935. The number of fused-ring (bicyclic) bond motifs is 1.